The molecule has 118 valence electrons. The van der Waals surface area contributed by atoms with E-state index in [1.807, 2.05) is 35.2 Å². The lowest BCUT2D eigenvalue weighted by Gasteiger charge is -2.36. The Labute approximate surface area is 131 Å². The Morgan fingerprint density at radius 3 is 2.65 bits per heavy atom. The van der Waals surface area contributed by atoms with Gasteiger partial charge in [-0.2, -0.15) is 0 Å². The van der Waals surface area contributed by atoms with Crippen LogP contribution < -0.4 is 14.7 Å². The van der Waals surface area contributed by atoms with Crippen molar-refractivity contribution in [2.24, 2.45) is 0 Å². The summed E-state index contributed by atoms with van der Waals surface area (Å²) in [6, 6.07) is 13.5. The van der Waals surface area contributed by atoms with Crippen LogP contribution in [0.4, 0.5) is 17.1 Å². The highest BCUT2D eigenvalue weighted by Crippen LogP contribution is 2.40. The number of carbonyl (C=O) groups excluding carboxylic acids is 1. The van der Waals surface area contributed by atoms with Gasteiger partial charge in [-0.15, -0.1) is 0 Å². The number of carbonyl (C=O) groups is 1. The van der Waals surface area contributed by atoms with E-state index in [9.17, 15) is 20.0 Å². The van der Waals surface area contributed by atoms with Gasteiger partial charge in [0.2, 0.25) is 0 Å². The summed E-state index contributed by atoms with van der Waals surface area (Å²) in [5, 5.41) is 21.9. The van der Waals surface area contributed by atoms with Crippen molar-refractivity contribution in [3.05, 3.63) is 58.6 Å². The number of fused-ring (bicyclic) bond motifs is 1. The number of aliphatic carboxylic acids is 1. The maximum atomic E-state index is 11.0. The second-order valence-electron chi connectivity index (χ2n) is 5.17. The predicted molar refractivity (Wildman–Crippen MR) is 80.6 cm³/mol. The number of carboxylic acid groups (broad SMARTS) is 1. The number of nitro groups is 1. The van der Waals surface area contributed by atoms with Crippen LogP contribution in [0.3, 0.4) is 0 Å². The zero-order chi connectivity index (χ0) is 16.4. The molecule has 0 N–H and O–H groups in total. The summed E-state index contributed by atoms with van der Waals surface area (Å²) in [6.07, 6.45) is -0.839. The fourth-order valence-electron chi connectivity index (χ4n) is 2.59. The van der Waals surface area contributed by atoms with Crippen molar-refractivity contribution in [2.75, 3.05) is 11.4 Å². The van der Waals surface area contributed by atoms with Gasteiger partial charge < -0.3 is 19.5 Å². The third-order valence-electron chi connectivity index (χ3n) is 3.59. The van der Waals surface area contributed by atoms with Crippen LogP contribution in [-0.2, 0) is 4.79 Å². The number of hydrogen-bond donors (Lipinski definition) is 0. The highest BCUT2D eigenvalue weighted by atomic mass is 16.6. The molecule has 1 aliphatic rings. The Balaban J connectivity index is 2.04. The second-order valence-corrected chi connectivity index (χ2v) is 5.17. The Morgan fingerprint density at radius 1 is 1.26 bits per heavy atom. The van der Waals surface area contributed by atoms with E-state index in [0.717, 1.165) is 5.69 Å². The van der Waals surface area contributed by atoms with Gasteiger partial charge in [-0.25, -0.2) is 0 Å². The molecule has 23 heavy (non-hydrogen) atoms. The molecule has 7 heteroatoms. The number of ether oxygens (including phenoxy) is 1. The SMILES string of the molecule is O=C([O-])CC1CN(c2ccccc2)c2cc([N+](=O)[O-])ccc2O1. The number of non-ortho nitro benzene ring substituents is 1. The molecule has 3 rings (SSSR count). The van der Waals surface area contributed by atoms with Gasteiger partial charge in [0.25, 0.3) is 5.69 Å². The highest BCUT2D eigenvalue weighted by Gasteiger charge is 2.28. The van der Waals surface area contributed by atoms with Gasteiger partial charge in [-0.1, -0.05) is 18.2 Å². The zero-order valence-corrected chi connectivity index (χ0v) is 12.0. The van der Waals surface area contributed by atoms with Crippen LogP contribution in [0.5, 0.6) is 5.75 Å². The maximum Gasteiger partial charge on any atom is 0.271 e. The van der Waals surface area contributed by atoms with Crippen LogP contribution >= 0.6 is 0 Å². The summed E-state index contributed by atoms with van der Waals surface area (Å²) in [5.41, 5.74) is 1.30. The van der Waals surface area contributed by atoms with E-state index in [1.54, 1.807) is 0 Å². The molecule has 1 unspecified atom stereocenters. The largest absolute Gasteiger partial charge is 0.550 e. The molecule has 7 nitrogen and oxygen atoms in total. The van der Waals surface area contributed by atoms with Gasteiger partial charge >= 0.3 is 0 Å². The molecule has 0 radical (unpaired) electrons. The molecular formula is C16H13N2O5-. The van der Waals surface area contributed by atoms with Gasteiger partial charge in [0.05, 0.1) is 17.2 Å². The first-order valence-corrected chi connectivity index (χ1v) is 7.02. The Kier molecular flexibility index (Phi) is 3.84. The van der Waals surface area contributed by atoms with Crippen molar-refractivity contribution in [3.63, 3.8) is 0 Å². The summed E-state index contributed by atoms with van der Waals surface area (Å²) in [5.74, 6) is -0.787. The van der Waals surface area contributed by atoms with Crippen molar-refractivity contribution in [1.29, 1.82) is 0 Å². The summed E-state index contributed by atoms with van der Waals surface area (Å²) in [4.78, 5) is 23.2. The molecule has 1 heterocycles. The number of rotatable bonds is 4. The second kappa shape index (κ2) is 5.96. The van der Waals surface area contributed by atoms with Crippen molar-refractivity contribution in [1.82, 2.24) is 0 Å². The van der Waals surface area contributed by atoms with Crippen molar-refractivity contribution in [2.45, 2.75) is 12.5 Å². The molecule has 0 aromatic heterocycles. The first-order chi connectivity index (χ1) is 11.0. The monoisotopic (exact) mass is 313 g/mol. The number of para-hydroxylation sites is 1. The first-order valence-electron chi connectivity index (χ1n) is 7.02. The molecule has 0 fully saturated rings. The van der Waals surface area contributed by atoms with Gasteiger partial charge in [0.15, 0.2) is 0 Å². The van der Waals surface area contributed by atoms with E-state index in [-0.39, 0.29) is 18.7 Å². The average Bonchev–Trinajstić information content (AvgIpc) is 2.54. The molecule has 1 aliphatic heterocycles. The quantitative estimate of drug-likeness (QED) is 0.629. The van der Waals surface area contributed by atoms with E-state index in [1.165, 1.54) is 18.2 Å². The van der Waals surface area contributed by atoms with Crippen LogP contribution in [-0.4, -0.2) is 23.5 Å². The van der Waals surface area contributed by atoms with E-state index in [0.29, 0.717) is 11.4 Å². The van der Waals surface area contributed by atoms with Crippen molar-refractivity contribution >= 4 is 23.0 Å². The standard InChI is InChI=1S/C16H14N2O5/c19-16(20)9-13-10-17(11-4-2-1-3-5-11)14-8-12(18(21)22)6-7-15(14)23-13/h1-8,13H,9-10H2,(H,19,20)/p-1. The molecule has 0 aliphatic carbocycles. The molecule has 0 spiro atoms. The first kappa shape index (κ1) is 14.8. The molecule has 0 amide bonds. The van der Waals surface area contributed by atoms with E-state index >= 15 is 0 Å². The third kappa shape index (κ3) is 3.08. The summed E-state index contributed by atoms with van der Waals surface area (Å²) < 4.78 is 5.64. The number of nitro benzene ring substituents is 1. The fraction of sp³-hybridized carbons (Fsp3) is 0.188. The minimum Gasteiger partial charge on any atom is -0.550 e. The topological polar surface area (TPSA) is 95.7 Å². The lowest BCUT2D eigenvalue weighted by atomic mass is 10.1. The normalized spacial score (nSPS) is 16.3. The molecule has 2 aromatic carbocycles. The molecule has 0 bridgehead atoms. The minimum absolute atomic E-state index is 0.0494. The molecule has 0 saturated carbocycles. The van der Waals surface area contributed by atoms with Crippen LogP contribution in [0.1, 0.15) is 6.42 Å². The van der Waals surface area contributed by atoms with Gasteiger partial charge in [0.1, 0.15) is 11.9 Å². The number of anilines is 2. The minimum atomic E-state index is -1.20. The number of carboxylic acids is 1. The Bertz CT molecular complexity index is 747. The average molecular weight is 313 g/mol. The van der Waals surface area contributed by atoms with Crippen LogP contribution in [0.2, 0.25) is 0 Å². The van der Waals surface area contributed by atoms with Crippen LogP contribution in [0.25, 0.3) is 0 Å². The van der Waals surface area contributed by atoms with Gasteiger partial charge in [-0.05, 0) is 18.2 Å². The van der Waals surface area contributed by atoms with E-state index < -0.39 is 17.0 Å². The lowest BCUT2D eigenvalue weighted by Crippen LogP contribution is -2.41. The third-order valence-corrected chi connectivity index (χ3v) is 3.59. The lowest BCUT2D eigenvalue weighted by molar-refractivity contribution is -0.384. The summed E-state index contributed by atoms with van der Waals surface area (Å²) >= 11 is 0. The number of benzene rings is 2. The summed E-state index contributed by atoms with van der Waals surface area (Å²) in [7, 11) is 0. The molecule has 0 saturated heterocycles. The molecule has 1 atom stereocenters. The smallest absolute Gasteiger partial charge is 0.271 e. The highest BCUT2D eigenvalue weighted by molar-refractivity contribution is 5.74. The Morgan fingerprint density at radius 2 is 2.00 bits per heavy atom. The zero-order valence-electron chi connectivity index (χ0n) is 12.0. The van der Waals surface area contributed by atoms with Crippen molar-refractivity contribution in [3.8, 4) is 5.75 Å². The van der Waals surface area contributed by atoms with Gasteiger partial charge in [0, 0.05) is 30.2 Å². The van der Waals surface area contributed by atoms with E-state index in [2.05, 4.69) is 0 Å². The van der Waals surface area contributed by atoms with Crippen LogP contribution in [0, 0.1) is 10.1 Å². The Hall–Kier alpha value is -3.09. The number of hydrogen-bond acceptors (Lipinski definition) is 6. The van der Waals surface area contributed by atoms with Gasteiger partial charge in [-0.3, -0.25) is 10.1 Å². The summed E-state index contributed by atoms with van der Waals surface area (Å²) in [6.45, 7) is 0.270. The molecule has 2 aromatic rings. The van der Waals surface area contributed by atoms with E-state index in [4.69, 9.17) is 4.74 Å². The fourth-order valence-corrected chi connectivity index (χ4v) is 2.59. The number of nitrogens with zero attached hydrogens (tertiary/aromatic N) is 2. The molecular weight excluding hydrogens is 300 g/mol. The maximum absolute atomic E-state index is 11.0. The predicted octanol–water partition coefficient (Wildman–Crippen LogP) is 1.63. The van der Waals surface area contributed by atoms with Crippen molar-refractivity contribution < 1.29 is 19.6 Å². The van der Waals surface area contributed by atoms with Crippen LogP contribution in [0.15, 0.2) is 48.5 Å².